The monoisotopic (exact) mass is 283 g/mol. The third-order valence-electron chi connectivity index (χ3n) is 3.32. The topological polar surface area (TPSA) is 39.7 Å². The standard InChI is InChI=1S/C15H22FNO3/c1-18-7-5-17-9-13-8-14(16)2-3-15(13)20-11-12-4-6-19-10-12/h2-3,8,12,17H,4-7,9-11H2,1H3. The van der Waals surface area contributed by atoms with E-state index in [1.807, 2.05) is 0 Å². The highest BCUT2D eigenvalue weighted by molar-refractivity contribution is 5.34. The molecule has 1 heterocycles. The van der Waals surface area contributed by atoms with Crippen LogP contribution in [0.15, 0.2) is 18.2 Å². The minimum atomic E-state index is -0.245. The van der Waals surface area contributed by atoms with Crippen LogP contribution < -0.4 is 10.1 Å². The maximum Gasteiger partial charge on any atom is 0.123 e. The SMILES string of the molecule is COCCNCc1cc(F)ccc1OCC1CCOC1. The molecule has 1 aliphatic rings. The zero-order chi connectivity index (χ0) is 14.2. The summed E-state index contributed by atoms with van der Waals surface area (Å²) in [5.41, 5.74) is 0.833. The Kier molecular flexibility index (Phi) is 6.24. The van der Waals surface area contributed by atoms with E-state index >= 15 is 0 Å². The van der Waals surface area contributed by atoms with Crippen LogP contribution in [-0.2, 0) is 16.0 Å². The summed E-state index contributed by atoms with van der Waals surface area (Å²) >= 11 is 0. The molecule has 0 spiro atoms. The van der Waals surface area contributed by atoms with Crippen LogP contribution in [-0.4, -0.2) is 40.1 Å². The van der Waals surface area contributed by atoms with Gasteiger partial charge in [-0.2, -0.15) is 0 Å². The fraction of sp³-hybridized carbons (Fsp3) is 0.600. The van der Waals surface area contributed by atoms with Crippen molar-refractivity contribution >= 4 is 0 Å². The number of hydrogen-bond donors (Lipinski definition) is 1. The third kappa shape index (κ3) is 4.74. The van der Waals surface area contributed by atoms with Gasteiger partial charge in [0.05, 0.1) is 19.8 Å². The molecule has 1 aromatic rings. The van der Waals surface area contributed by atoms with Crippen molar-refractivity contribution < 1.29 is 18.6 Å². The van der Waals surface area contributed by atoms with Crippen LogP contribution in [0.1, 0.15) is 12.0 Å². The molecule has 0 radical (unpaired) electrons. The van der Waals surface area contributed by atoms with Gasteiger partial charge in [-0.1, -0.05) is 0 Å². The number of rotatable bonds is 8. The molecule has 1 aromatic carbocycles. The van der Waals surface area contributed by atoms with E-state index in [2.05, 4.69) is 5.32 Å². The summed E-state index contributed by atoms with van der Waals surface area (Å²) < 4.78 is 29.4. The molecule has 1 saturated heterocycles. The fourth-order valence-corrected chi connectivity index (χ4v) is 2.15. The van der Waals surface area contributed by atoms with Crippen molar-refractivity contribution in [1.29, 1.82) is 0 Å². The van der Waals surface area contributed by atoms with E-state index < -0.39 is 0 Å². The van der Waals surface area contributed by atoms with E-state index in [-0.39, 0.29) is 5.82 Å². The number of methoxy groups -OCH3 is 1. The number of nitrogens with one attached hydrogen (secondary N) is 1. The fourth-order valence-electron chi connectivity index (χ4n) is 2.15. The minimum absolute atomic E-state index is 0.245. The minimum Gasteiger partial charge on any atom is -0.493 e. The van der Waals surface area contributed by atoms with Gasteiger partial charge in [0.15, 0.2) is 0 Å². The summed E-state index contributed by atoms with van der Waals surface area (Å²) in [4.78, 5) is 0. The van der Waals surface area contributed by atoms with Gasteiger partial charge >= 0.3 is 0 Å². The smallest absolute Gasteiger partial charge is 0.123 e. The maximum absolute atomic E-state index is 13.3. The van der Waals surface area contributed by atoms with Crippen LogP contribution in [0.4, 0.5) is 4.39 Å². The van der Waals surface area contributed by atoms with Crippen molar-refractivity contribution in [2.24, 2.45) is 5.92 Å². The highest BCUT2D eigenvalue weighted by Gasteiger charge is 2.17. The van der Waals surface area contributed by atoms with Gasteiger partial charge in [-0.15, -0.1) is 0 Å². The molecule has 0 amide bonds. The maximum atomic E-state index is 13.3. The second kappa shape index (κ2) is 8.19. The van der Waals surface area contributed by atoms with E-state index in [0.717, 1.165) is 37.5 Å². The Morgan fingerprint density at radius 1 is 1.45 bits per heavy atom. The van der Waals surface area contributed by atoms with Gasteiger partial charge in [0.25, 0.3) is 0 Å². The van der Waals surface area contributed by atoms with Crippen LogP contribution in [0.2, 0.25) is 0 Å². The Bertz CT molecular complexity index is 408. The summed E-state index contributed by atoms with van der Waals surface area (Å²) in [5, 5.41) is 3.20. The molecular weight excluding hydrogens is 261 g/mol. The molecule has 0 saturated carbocycles. The summed E-state index contributed by atoms with van der Waals surface area (Å²) in [5.74, 6) is 0.933. The van der Waals surface area contributed by atoms with E-state index in [1.54, 1.807) is 13.2 Å². The Morgan fingerprint density at radius 2 is 2.35 bits per heavy atom. The summed E-state index contributed by atoms with van der Waals surface area (Å²) in [6.45, 7) is 4.10. The molecule has 1 unspecified atom stereocenters. The molecule has 1 N–H and O–H groups in total. The lowest BCUT2D eigenvalue weighted by molar-refractivity contribution is 0.166. The largest absolute Gasteiger partial charge is 0.493 e. The zero-order valence-electron chi connectivity index (χ0n) is 11.9. The molecule has 112 valence electrons. The van der Waals surface area contributed by atoms with Crippen LogP contribution in [0.5, 0.6) is 5.75 Å². The highest BCUT2D eigenvalue weighted by atomic mass is 19.1. The molecule has 1 aliphatic heterocycles. The Balaban J connectivity index is 1.88. The molecule has 20 heavy (non-hydrogen) atoms. The van der Waals surface area contributed by atoms with Crippen molar-refractivity contribution in [2.45, 2.75) is 13.0 Å². The highest BCUT2D eigenvalue weighted by Crippen LogP contribution is 2.22. The average Bonchev–Trinajstić information content (AvgIpc) is 2.96. The average molecular weight is 283 g/mol. The van der Waals surface area contributed by atoms with Gasteiger partial charge in [-0.05, 0) is 24.6 Å². The van der Waals surface area contributed by atoms with Gasteiger partial charge in [-0.25, -0.2) is 4.39 Å². The van der Waals surface area contributed by atoms with E-state index in [4.69, 9.17) is 14.2 Å². The van der Waals surface area contributed by atoms with Crippen LogP contribution in [0.3, 0.4) is 0 Å². The predicted octanol–water partition coefficient (Wildman–Crippen LogP) is 1.98. The first-order chi connectivity index (χ1) is 9.79. The first-order valence-corrected chi connectivity index (χ1v) is 6.98. The third-order valence-corrected chi connectivity index (χ3v) is 3.32. The summed E-state index contributed by atoms with van der Waals surface area (Å²) in [6, 6.07) is 4.64. The van der Waals surface area contributed by atoms with Crippen LogP contribution >= 0.6 is 0 Å². The Labute approximate surface area is 119 Å². The van der Waals surface area contributed by atoms with Crippen molar-refractivity contribution in [2.75, 3.05) is 40.1 Å². The van der Waals surface area contributed by atoms with Crippen molar-refractivity contribution in [3.63, 3.8) is 0 Å². The second-order valence-corrected chi connectivity index (χ2v) is 4.96. The second-order valence-electron chi connectivity index (χ2n) is 4.96. The lowest BCUT2D eigenvalue weighted by Crippen LogP contribution is -2.20. The van der Waals surface area contributed by atoms with Crippen molar-refractivity contribution in [3.8, 4) is 5.75 Å². The predicted molar refractivity (Wildman–Crippen MR) is 74.4 cm³/mol. The molecule has 4 nitrogen and oxygen atoms in total. The van der Waals surface area contributed by atoms with Gasteiger partial charge in [0.2, 0.25) is 0 Å². The molecule has 1 atom stereocenters. The molecule has 0 aromatic heterocycles. The zero-order valence-corrected chi connectivity index (χ0v) is 11.9. The number of ether oxygens (including phenoxy) is 3. The van der Waals surface area contributed by atoms with Crippen molar-refractivity contribution in [3.05, 3.63) is 29.6 Å². The van der Waals surface area contributed by atoms with Crippen molar-refractivity contribution in [1.82, 2.24) is 5.32 Å². The van der Waals surface area contributed by atoms with Gasteiger partial charge in [-0.3, -0.25) is 0 Å². The number of hydrogen-bond acceptors (Lipinski definition) is 4. The van der Waals surface area contributed by atoms with Gasteiger partial charge < -0.3 is 19.5 Å². The number of halogens is 1. The molecular formula is C15H22FNO3. The molecule has 2 rings (SSSR count). The Morgan fingerprint density at radius 3 is 3.10 bits per heavy atom. The lowest BCUT2D eigenvalue weighted by atomic mass is 10.1. The first-order valence-electron chi connectivity index (χ1n) is 6.98. The van der Waals surface area contributed by atoms with Crippen LogP contribution in [0.25, 0.3) is 0 Å². The van der Waals surface area contributed by atoms with Crippen LogP contribution in [0, 0.1) is 11.7 Å². The molecule has 1 fully saturated rings. The van der Waals surface area contributed by atoms with E-state index in [0.29, 0.717) is 25.7 Å². The summed E-state index contributed by atoms with van der Waals surface area (Å²) in [7, 11) is 1.65. The summed E-state index contributed by atoms with van der Waals surface area (Å²) in [6.07, 6.45) is 1.03. The van der Waals surface area contributed by atoms with Gasteiger partial charge in [0.1, 0.15) is 11.6 Å². The van der Waals surface area contributed by atoms with E-state index in [9.17, 15) is 4.39 Å². The van der Waals surface area contributed by atoms with E-state index in [1.165, 1.54) is 12.1 Å². The first kappa shape index (κ1) is 15.2. The molecule has 5 heteroatoms. The molecule has 0 aliphatic carbocycles. The van der Waals surface area contributed by atoms with Gasteiger partial charge in [0, 0.05) is 38.3 Å². The number of benzene rings is 1. The lowest BCUT2D eigenvalue weighted by Gasteiger charge is -2.14. The Hall–Kier alpha value is -1.17. The normalized spacial score (nSPS) is 18.4. The molecule has 0 bridgehead atoms. The quantitative estimate of drug-likeness (QED) is 0.741.